The van der Waals surface area contributed by atoms with Crippen LogP contribution in [0.25, 0.3) is 6.08 Å². The van der Waals surface area contributed by atoms with Crippen LogP contribution in [-0.2, 0) is 19.1 Å². The fraction of sp³-hybridized carbons (Fsp3) is 0.176. The van der Waals surface area contributed by atoms with E-state index in [1.54, 1.807) is 54.6 Å². The van der Waals surface area contributed by atoms with E-state index in [0.717, 1.165) is 5.56 Å². The van der Waals surface area contributed by atoms with E-state index in [2.05, 4.69) is 23.7 Å². The maximum Gasteiger partial charge on any atom is 0.325 e. The molecule has 3 aromatic carbocycles. The molecule has 0 unspecified atom stereocenters. The predicted molar refractivity (Wildman–Crippen MR) is 152 cm³/mol. The smallest absolute Gasteiger partial charge is 0.325 e. The van der Waals surface area contributed by atoms with Crippen LogP contribution in [0.2, 0.25) is 0 Å². The molecule has 0 aliphatic heterocycles. The number of hydrogen-bond donors (Lipinski definition) is 0. The van der Waals surface area contributed by atoms with Crippen molar-refractivity contribution in [1.29, 1.82) is 0 Å². The number of hydrogen-bond acceptors (Lipinski definition) is 6. The molecular formula is C34H28O6. The van der Waals surface area contributed by atoms with Gasteiger partial charge in [0.1, 0.15) is 0 Å². The summed E-state index contributed by atoms with van der Waals surface area (Å²) in [7, 11) is 2.34. The molecule has 0 radical (unpaired) electrons. The zero-order chi connectivity index (χ0) is 29.0. The van der Waals surface area contributed by atoms with Gasteiger partial charge in [0.25, 0.3) is 0 Å². The van der Waals surface area contributed by atoms with Crippen molar-refractivity contribution in [1.82, 2.24) is 0 Å². The molecule has 0 aliphatic carbocycles. The number of carbonyl (C=O) groups is 4. The number of rotatable bonds is 8. The molecule has 0 saturated heterocycles. The number of carbonyl (C=O) groups excluding carboxylic acids is 4. The second kappa shape index (κ2) is 14.1. The van der Waals surface area contributed by atoms with Crippen LogP contribution >= 0.6 is 0 Å². The van der Waals surface area contributed by atoms with Crippen LogP contribution in [0, 0.1) is 29.1 Å². The number of ether oxygens (including phenoxy) is 2. The summed E-state index contributed by atoms with van der Waals surface area (Å²) in [4.78, 5) is 50.7. The molecule has 0 atom stereocenters. The third kappa shape index (κ3) is 7.43. The molecule has 0 bridgehead atoms. The van der Waals surface area contributed by atoms with Gasteiger partial charge in [-0.1, -0.05) is 96.5 Å². The quantitative estimate of drug-likeness (QED) is 0.128. The Bertz CT molecular complexity index is 1510. The van der Waals surface area contributed by atoms with Gasteiger partial charge in [0, 0.05) is 29.5 Å². The van der Waals surface area contributed by atoms with E-state index in [-0.39, 0.29) is 30.0 Å². The number of benzene rings is 3. The zero-order valence-corrected chi connectivity index (χ0v) is 22.5. The van der Waals surface area contributed by atoms with Crippen molar-refractivity contribution in [2.24, 2.45) is 5.41 Å². The first-order chi connectivity index (χ1) is 19.3. The Morgan fingerprint density at radius 1 is 0.725 bits per heavy atom. The minimum absolute atomic E-state index is 0.0695. The summed E-state index contributed by atoms with van der Waals surface area (Å²) in [6.07, 6.45) is 1.13. The lowest BCUT2D eigenvalue weighted by Gasteiger charge is -2.24. The van der Waals surface area contributed by atoms with E-state index >= 15 is 0 Å². The van der Waals surface area contributed by atoms with Gasteiger partial charge in [-0.25, -0.2) is 0 Å². The highest BCUT2D eigenvalue weighted by Gasteiger charge is 2.47. The Labute approximate surface area is 234 Å². The van der Waals surface area contributed by atoms with Crippen LogP contribution in [0.15, 0.2) is 90.5 Å². The van der Waals surface area contributed by atoms with E-state index in [1.165, 1.54) is 21.1 Å². The minimum Gasteiger partial charge on any atom is -0.468 e. The molecule has 0 fully saturated rings. The Balaban J connectivity index is 1.98. The summed E-state index contributed by atoms with van der Waals surface area (Å²) in [6, 6.07) is 24.6. The molecule has 6 nitrogen and oxygen atoms in total. The number of ketones is 2. The molecular weight excluding hydrogens is 504 g/mol. The Hall–Kier alpha value is -5.20. The Kier molecular flexibility index (Phi) is 10.3. The summed E-state index contributed by atoms with van der Waals surface area (Å²) < 4.78 is 9.92. The monoisotopic (exact) mass is 532 g/mol. The summed E-state index contributed by atoms with van der Waals surface area (Å²) in [5.74, 6) is 9.42. The molecule has 0 amide bonds. The predicted octanol–water partition coefficient (Wildman–Crippen LogP) is 5.32. The standard InChI is InChI=1S/C34H28O6/c1-25(35)28-20-18-26(19-21-28)14-10-22-34(32(37)39-2,33(38)40-3)23-11-17-30(24-27-12-6-4-7-13-27)31(36)29-15-8-5-9-16-29/h4-9,12-13,15-16,18-21,24H,22-23H2,1-3H3/b30-24+. The van der Waals surface area contributed by atoms with Crippen LogP contribution in [0.5, 0.6) is 0 Å². The average Bonchev–Trinajstić information content (AvgIpc) is 2.99. The fourth-order valence-corrected chi connectivity index (χ4v) is 3.82. The highest BCUT2D eigenvalue weighted by atomic mass is 16.5. The van der Waals surface area contributed by atoms with Gasteiger partial charge in [-0.05, 0) is 30.7 Å². The number of Topliss-reactive ketones (excluding diaryl/α,β-unsaturated/α-hetero) is 2. The Morgan fingerprint density at radius 3 is 1.82 bits per heavy atom. The SMILES string of the molecule is COC(=O)C(CC#C/C(=C\c1ccccc1)C(=O)c1ccccc1)(CC#Cc1ccc(C(C)=O)cc1)C(=O)OC. The van der Waals surface area contributed by atoms with Crippen LogP contribution in [0.1, 0.15) is 51.6 Å². The first-order valence-corrected chi connectivity index (χ1v) is 12.4. The average molecular weight is 533 g/mol. The van der Waals surface area contributed by atoms with E-state index < -0.39 is 17.4 Å². The molecule has 0 N–H and O–H groups in total. The highest BCUT2D eigenvalue weighted by molar-refractivity contribution is 6.14. The summed E-state index contributed by atoms with van der Waals surface area (Å²) in [5, 5.41) is 0. The molecule has 200 valence electrons. The normalized spacial score (nSPS) is 10.7. The second-order valence-corrected chi connectivity index (χ2v) is 8.82. The first-order valence-electron chi connectivity index (χ1n) is 12.4. The molecule has 0 heterocycles. The van der Waals surface area contributed by atoms with Crippen LogP contribution < -0.4 is 0 Å². The van der Waals surface area contributed by atoms with Crippen molar-refractivity contribution in [3.05, 3.63) is 113 Å². The summed E-state index contributed by atoms with van der Waals surface area (Å²) >= 11 is 0. The minimum atomic E-state index is -1.84. The topological polar surface area (TPSA) is 86.7 Å². The van der Waals surface area contributed by atoms with Gasteiger partial charge in [-0.3, -0.25) is 19.2 Å². The third-order valence-corrected chi connectivity index (χ3v) is 6.07. The fourth-order valence-electron chi connectivity index (χ4n) is 3.82. The molecule has 0 aliphatic rings. The third-order valence-electron chi connectivity index (χ3n) is 6.07. The van der Waals surface area contributed by atoms with Crippen molar-refractivity contribution in [2.45, 2.75) is 19.8 Å². The van der Waals surface area contributed by atoms with E-state index in [0.29, 0.717) is 16.7 Å². The lowest BCUT2D eigenvalue weighted by molar-refractivity contribution is -0.168. The largest absolute Gasteiger partial charge is 0.468 e. The van der Waals surface area contributed by atoms with Crippen molar-refractivity contribution in [3.63, 3.8) is 0 Å². The van der Waals surface area contributed by atoms with Crippen molar-refractivity contribution in [3.8, 4) is 23.7 Å². The molecule has 0 aromatic heterocycles. The van der Waals surface area contributed by atoms with Crippen molar-refractivity contribution in [2.75, 3.05) is 14.2 Å². The number of methoxy groups -OCH3 is 2. The van der Waals surface area contributed by atoms with Gasteiger partial charge >= 0.3 is 11.9 Å². The van der Waals surface area contributed by atoms with Gasteiger partial charge in [-0.15, -0.1) is 0 Å². The molecule has 3 rings (SSSR count). The molecule has 40 heavy (non-hydrogen) atoms. The van der Waals surface area contributed by atoms with Crippen LogP contribution in [0.4, 0.5) is 0 Å². The maximum absolute atomic E-state index is 13.3. The van der Waals surface area contributed by atoms with Crippen LogP contribution in [0.3, 0.4) is 0 Å². The summed E-state index contributed by atoms with van der Waals surface area (Å²) in [5.41, 5.74) is 0.719. The van der Waals surface area contributed by atoms with E-state index in [4.69, 9.17) is 9.47 Å². The number of esters is 2. The zero-order valence-electron chi connectivity index (χ0n) is 22.5. The highest BCUT2D eigenvalue weighted by Crippen LogP contribution is 2.30. The van der Waals surface area contributed by atoms with Gasteiger partial charge in [0.05, 0.1) is 19.8 Å². The van der Waals surface area contributed by atoms with Gasteiger partial charge in [0.2, 0.25) is 5.78 Å². The van der Waals surface area contributed by atoms with Crippen molar-refractivity contribution < 1.29 is 28.7 Å². The molecule has 0 spiro atoms. The first kappa shape index (κ1) is 29.4. The summed E-state index contributed by atoms with van der Waals surface area (Å²) in [6.45, 7) is 1.47. The molecule has 6 heteroatoms. The molecule has 0 saturated carbocycles. The van der Waals surface area contributed by atoms with Gasteiger partial charge in [0.15, 0.2) is 11.2 Å². The van der Waals surface area contributed by atoms with E-state index in [1.807, 2.05) is 36.4 Å². The van der Waals surface area contributed by atoms with Gasteiger partial charge < -0.3 is 9.47 Å². The Morgan fingerprint density at radius 2 is 1.27 bits per heavy atom. The maximum atomic E-state index is 13.3. The lowest BCUT2D eigenvalue weighted by atomic mass is 9.81. The second-order valence-electron chi connectivity index (χ2n) is 8.82. The van der Waals surface area contributed by atoms with Gasteiger partial charge in [-0.2, -0.15) is 0 Å². The molecule has 3 aromatic rings. The van der Waals surface area contributed by atoms with Crippen molar-refractivity contribution >= 4 is 29.6 Å². The number of allylic oxidation sites excluding steroid dienone is 1. The van der Waals surface area contributed by atoms with Crippen LogP contribution in [-0.4, -0.2) is 37.7 Å². The lowest BCUT2D eigenvalue weighted by Crippen LogP contribution is -2.40. The van der Waals surface area contributed by atoms with E-state index in [9.17, 15) is 19.2 Å².